The van der Waals surface area contributed by atoms with Crippen LogP contribution in [0.15, 0.2) is 61.1 Å². The summed E-state index contributed by atoms with van der Waals surface area (Å²) in [6.45, 7) is 0.637. The van der Waals surface area contributed by atoms with Gasteiger partial charge in [0.05, 0.1) is 0 Å². The maximum Gasteiger partial charge on any atom is 0.187 e. The first-order valence-corrected chi connectivity index (χ1v) is 6.22. The van der Waals surface area contributed by atoms with Gasteiger partial charge in [0, 0.05) is 41.8 Å². The molecule has 3 nitrogen and oxygen atoms in total. The Hall–Kier alpha value is -2.13. The summed E-state index contributed by atoms with van der Waals surface area (Å²) in [5.74, 6) is -0.0599. The van der Waals surface area contributed by atoms with Crippen molar-refractivity contribution in [3.8, 4) is 0 Å². The van der Waals surface area contributed by atoms with E-state index in [1.165, 1.54) is 6.08 Å². The van der Waals surface area contributed by atoms with Crippen molar-refractivity contribution in [2.24, 2.45) is 0 Å². The summed E-state index contributed by atoms with van der Waals surface area (Å²) in [6, 6.07) is 10.7. The highest BCUT2D eigenvalue weighted by Gasteiger charge is 2.00. The van der Waals surface area contributed by atoms with Gasteiger partial charge in [0.15, 0.2) is 5.78 Å². The monoisotopic (exact) mass is 272 g/mol. The molecule has 0 saturated heterocycles. The maximum atomic E-state index is 11.8. The number of nitrogens with one attached hydrogen (secondary N) is 1. The zero-order valence-electron chi connectivity index (χ0n) is 10.2. The summed E-state index contributed by atoms with van der Waals surface area (Å²) in [5.41, 5.74) is 1.68. The van der Waals surface area contributed by atoms with Crippen LogP contribution in [0.2, 0.25) is 5.02 Å². The van der Waals surface area contributed by atoms with E-state index in [9.17, 15) is 4.79 Å². The number of hydrogen-bond donors (Lipinski definition) is 1. The second-order valence-corrected chi connectivity index (χ2v) is 4.38. The Morgan fingerprint density at radius 2 is 2.05 bits per heavy atom. The molecule has 4 heteroatoms. The molecule has 2 rings (SSSR count). The predicted octanol–water partition coefficient (Wildman–Crippen LogP) is 3.22. The van der Waals surface area contributed by atoms with Gasteiger partial charge in [-0.05, 0) is 35.9 Å². The molecule has 0 unspecified atom stereocenters. The minimum absolute atomic E-state index is 0.0599. The number of rotatable bonds is 5. The summed E-state index contributed by atoms with van der Waals surface area (Å²) >= 11 is 5.76. The normalized spacial score (nSPS) is 10.6. The van der Waals surface area contributed by atoms with E-state index in [1.54, 1.807) is 42.9 Å². The number of benzene rings is 1. The summed E-state index contributed by atoms with van der Waals surface area (Å²) in [5, 5.41) is 3.67. The maximum absolute atomic E-state index is 11.8. The smallest absolute Gasteiger partial charge is 0.187 e. The Balaban J connectivity index is 1.85. The van der Waals surface area contributed by atoms with Crippen LogP contribution in [0.25, 0.3) is 0 Å². The Kier molecular flexibility index (Phi) is 4.70. The lowest BCUT2D eigenvalue weighted by Gasteiger charge is -2.00. The molecule has 96 valence electrons. The highest BCUT2D eigenvalue weighted by atomic mass is 35.5. The molecule has 2 aromatic rings. The first-order chi connectivity index (χ1) is 9.25. The molecule has 0 atom stereocenters. The predicted molar refractivity (Wildman–Crippen MR) is 76.0 cm³/mol. The number of nitrogens with zero attached hydrogens (tertiary/aromatic N) is 1. The van der Waals surface area contributed by atoms with Gasteiger partial charge in [-0.3, -0.25) is 9.78 Å². The number of pyridine rings is 1. The van der Waals surface area contributed by atoms with Crippen molar-refractivity contribution >= 4 is 17.4 Å². The molecule has 0 aliphatic carbocycles. The largest absolute Gasteiger partial charge is 0.387 e. The number of aromatic nitrogens is 1. The molecule has 19 heavy (non-hydrogen) atoms. The minimum atomic E-state index is -0.0599. The fourth-order valence-electron chi connectivity index (χ4n) is 1.52. The second kappa shape index (κ2) is 6.71. The van der Waals surface area contributed by atoms with E-state index in [0.29, 0.717) is 17.1 Å². The van der Waals surface area contributed by atoms with Crippen molar-refractivity contribution in [1.29, 1.82) is 0 Å². The molecule has 0 aliphatic rings. The first-order valence-electron chi connectivity index (χ1n) is 5.84. The molecule has 1 N–H and O–H groups in total. The third kappa shape index (κ3) is 4.23. The first kappa shape index (κ1) is 13.3. The average molecular weight is 273 g/mol. The summed E-state index contributed by atoms with van der Waals surface area (Å²) in [4.78, 5) is 15.8. The van der Waals surface area contributed by atoms with Crippen LogP contribution in [-0.4, -0.2) is 10.8 Å². The van der Waals surface area contributed by atoms with E-state index in [1.807, 2.05) is 12.1 Å². The average Bonchev–Trinajstić information content (AvgIpc) is 2.45. The van der Waals surface area contributed by atoms with Crippen molar-refractivity contribution in [3.63, 3.8) is 0 Å². The van der Waals surface area contributed by atoms with E-state index in [4.69, 9.17) is 11.6 Å². The van der Waals surface area contributed by atoms with Gasteiger partial charge in [0.25, 0.3) is 0 Å². The van der Waals surface area contributed by atoms with Gasteiger partial charge < -0.3 is 5.32 Å². The van der Waals surface area contributed by atoms with Gasteiger partial charge in [0.1, 0.15) is 0 Å². The number of ketones is 1. The molecule has 1 aromatic carbocycles. The lowest BCUT2D eigenvalue weighted by Crippen LogP contribution is -2.06. The van der Waals surface area contributed by atoms with Gasteiger partial charge in [-0.25, -0.2) is 0 Å². The van der Waals surface area contributed by atoms with Crippen LogP contribution in [-0.2, 0) is 6.54 Å². The standard InChI is InChI=1S/C15H13ClN2O/c16-14-5-3-13(4-6-14)15(19)7-9-18-11-12-2-1-8-17-10-12/h1-10,18H,11H2/b9-7+. The quantitative estimate of drug-likeness (QED) is 0.671. The Morgan fingerprint density at radius 1 is 1.26 bits per heavy atom. The lowest BCUT2D eigenvalue weighted by atomic mass is 10.1. The Morgan fingerprint density at radius 3 is 2.74 bits per heavy atom. The molecule has 0 spiro atoms. The van der Waals surface area contributed by atoms with Crippen molar-refractivity contribution in [3.05, 3.63) is 77.2 Å². The van der Waals surface area contributed by atoms with Gasteiger partial charge in [0.2, 0.25) is 0 Å². The van der Waals surface area contributed by atoms with Crippen LogP contribution in [0, 0.1) is 0 Å². The molecule has 0 amide bonds. The van der Waals surface area contributed by atoms with Crippen molar-refractivity contribution < 1.29 is 4.79 Å². The molecule has 0 radical (unpaired) electrons. The Labute approximate surface area is 116 Å². The van der Waals surface area contributed by atoms with E-state index in [0.717, 1.165) is 5.56 Å². The summed E-state index contributed by atoms with van der Waals surface area (Å²) in [6.07, 6.45) is 6.65. The number of halogens is 1. The highest BCUT2D eigenvalue weighted by Crippen LogP contribution is 2.10. The van der Waals surface area contributed by atoms with E-state index < -0.39 is 0 Å². The molecule has 0 aliphatic heterocycles. The summed E-state index contributed by atoms with van der Waals surface area (Å²) < 4.78 is 0. The summed E-state index contributed by atoms with van der Waals surface area (Å²) in [7, 11) is 0. The SMILES string of the molecule is O=C(/C=C/NCc1cccnc1)c1ccc(Cl)cc1. The fraction of sp³-hybridized carbons (Fsp3) is 0.0667. The molecular weight excluding hydrogens is 260 g/mol. The van der Waals surface area contributed by atoms with Crippen LogP contribution in [0.5, 0.6) is 0 Å². The van der Waals surface area contributed by atoms with E-state index in [-0.39, 0.29) is 5.78 Å². The van der Waals surface area contributed by atoms with Crippen LogP contribution < -0.4 is 5.32 Å². The third-order valence-electron chi connectivity index (χ3n) is 2.51. The zero-order valence-corrected chi connectivity index (χ0v) is 11.0. The van der Waals surface area contributed by atoms with E-state index >= 15 is 0 Å². The van der Waals surface area contributed by atoms with Gasteiger partial charge in [-0.1, -0.05) is 17.7 Å². The highest BCUT2D eigenvalue weighted by molar-refractivity contribution is 6.30. The molecule has 1 heterocycles. The molecule has 1 aromatic heterocycles. The Bertz CT molecular complexity index is 564. The van der Waals surface area contributed by atoms with Crippen molar-refractivity contribution in [2.45, 2.75) is 6.54 Å². The van der Waals surface area contributed by atoms with Crippen LogP contribution in [0.4, 0.5) is 0 Å². The topological polar surface area (TPSA) is 42.0 Å². The molecule has 0 saturated carbocycles. The van der Waals surface area contributed by atoms with Crippen LogP contribution >= 0.6 is 11.6 Å². The third-order valence-corrected chi connectivity index (χ3v) is 2.76. The van der Waals surface area contributed by atoms with E-state index in [2.05, 4.69) is 10.3 Å². The van der Waals surface area contributed by atoms with Crippen LogP contribution in [0.3, 0.4) is 0 Å². The second-order valence-electron chi connectivity index (χ2n) is 3.95. The van der Waals surface area contributed by atoms with Crippen LogP contribution in [0.1, 0.15) is 15.9 Å². The fourth-order valence-corrected chi connectivity index (χ4v) is 1.65. The number of carbonyl (C=O) groups is 1. The molecular formula is C15H13ClN2O. The number of carbonyl (C=O) groups excluding carboxylic acids is 1. The minimum Gasteiger partial charge on any atom is -0.387 e. The van der Waals surface area contributed by atoms with Crippen molar-refractivity contribution in [2.75, 3.05) is 0 Å². The lowest BCUT2D eigenvalue weighted by molar-refractivity contribution is 0.104. The number of allylic oxidation sites excluding steroid dienone is 1. The van der Waals surface area contributed by atoms with Crippen molar-refractivity contribution in [1.82, 2.24) is 10.3 Å². The zero-order chi connectivity index (χ0) is 13.5. The number of hydrogen-bond acceptors (Lipinski definition) is 3. The molecule has 0 bridgehead atoms. The van der Waals surface area contributed by atoms with Gasteiger partial charge in [-0.15, -0.1) is 0 Å². The van der Waals surface area contributed by atoms with Gasteiger partial charge >= 0.3 is 0 Å². The van der Waals surface area contributed by atoms with Gasteiger partial charge in [-0.2, -0.15) is 0 Å². The molecule has 0 fully saturated rings.